The van der Waals surface area contributed by atoms with Gasteiger partial charge in [-0.15, -0.1) is 0 Å². The number of carbonyl (C=O) groups is 1. The van der Waals surface area contributed by atoms with E-state index in [0.717, 1.165) is 25.9 Å². The minimum absolute atomic E-state index is 0.214. The van der Waals surface area contributed by atoms with E-state index in [1.165, 1.54) is 45.2 Å². The largest absolute Gasteiger partial charge is 0.341 e. The molecule has 0 bridgehead atoms. The van der Waals surface area contributed by atoms with Gasteiger partial charge in [0.25, 0.3) is 0 Å². The summed E-state index contributed by atoms with van der Waals surface area (Å²) in [5.74, 6) is 1.05. The Kier molecular flexibility index (Phi) is 4.61. The van der Waals surface area contributed by atoms with Crippen LogP contribution in [0.15, 0.2) is 0 Å². The number of nitrogens with two attached hydrogens (primary N) is 1. The quantitative estimate of drug-likeness (QED) is 0.850. The van der Waals surface area contributed by atoms with E-state index >= 15 is 0 Å². The third-order valence-corrected chi connectivity index (χ3v) is 5.66. The van der Waals surface area contributed by atoms with Crippen LogP contribution in [-0.4, -0.2) is 54.5 Å². The summed E-state index contributed by atoms with van der Waals surface area (Å²) in [7, 11) is 0. The Labute approximate surface area is 122 Å². The lowest BCUT2D eigenvalue weighted by atomic mass is 9.78. The maximum atomic E-state index is 12.8. The van der Waals surface area contributed by atoms with Crippen LogP contribution >= 0.6 is 0 Å². The molecule has 3 aliphatic rings. The molecule has 1 aliphatic carbocycles. The van der Waals surface area contributed by atoms with Crippen LogP contribution in [0.5, 0.6) is 0 Å². The van der Waals surface area contributed by atoms with Crippen LogP contribution in [0.25, 0.3) is 0 Å². The summed E-state index contributed by atoms with van der Waals surface area (Å²) in [5, 5.41) is 0. The molecular formula is C16H29N3O. The molecule has 4 heteroatoms. The van der Waals surface area contributed by atoms with E-state index in [2.05, 4.69) is 9.80 Å². The van der Waals surface area contributed by atoms with Crippen molar-refractivity contribution in [2.24, 2.45) is 17.6 Å². The van der Waals surface area contributed by atoms with Gasteiger partial charge in [0, 0.05) is 25.0 Å². The van der Waals surface area contributed by atoms with Gasteiger partial charge in [-0.25, -0.2) is 0 Å². The van der Waals surface area contributed by atoms with Gasteiger partial charge in [-0.05, 0) is 57.7 Å². The van der Waals surface area contributed by atoms with Gasteiger partial charge in [-0.2, -0.15) is 0 Å². The first kappa shape index (κ1) is 14.3. The van der Waals surface area contributed by atoms with Crippen molar-refractivity contribution in [3.63, 3.8) is 0 Å². The number of carbonyl (C=O) groups excluding carboxylic acids is 1. The lowest BCUT2D eigenvalue weighted by Gasteiger charge is -2.33. The summed E-state index contributed by atoms with van der Waals surface area (Å²) in [4.78, 5) is 17.5. The minimum atomic E-state index is 0.214. The molecule has 20 heavy (non-hydrogen) atoms. The van der Waals surface area contributed by atoms with Gasteiger partial charge >= 0.3 is 0 Å². The molecule has 3 rings (SSSR count). The summed E-state index contributed by atoms with van der Waals surface area (Å²) < 4.78 is 0. The standard InChI is InChI=1S/C16H29N3O/c17-11-13-5-1-2-6-15(13)16(20)19-10-7-14(12-19)18-8-3-4-9-18/h13-15H,1-12,17H2. The highest BCUT2D eigenvalue weighted by Crippen LogP contribution is 2.32. The molecule has 3 unspecified atom stereocenters. The number of rotatable bonds is 3. The second-order valence-corrected chi connectivity index (χ2v) is 6.86. The van der Waals surface area contributed by atoms with Crippen molar-refractivity contribution in [1.29, 1.82) is 0 Å². The smallest absolute Gasteiger partial charge is 0.226 e. The highest BCUT2D eigenvalue weighted by atomic mass is 16.2. The second kappa shape index (κ2) is 6.44. The van der Waals surface area contributed by atoms with Crippen LogP contribution in [-0.2, 0) is 4.79 Å². The molecule has 0 aromatic rings. The molecule has 0 radical (unpaired) electrons. The van der Waals surface area contributed by atoms with E-state index < -0.39 is 0 Å². The van der Waals surface area contributed by atoms with Gasteiger partial charge in [0.2, 0.25) is 5.91 Å². The van der Waals surface area contributed by atoms with E-state index in [9.17, 15) is 4.79 Å². The summed E-state index contributed by atoms with van der Waals surface area (Å²) in [6, 6.07) is 0.626. The molecule has 0 aromatic heterocycles. The number of hydrogen-bond acceptors (Lipinski definition) is 3. The summed E-state index contributed by atoms with van der Waals surface area (Å²) in [6.45, 7) is 5.09. The Morgan fingerprint density at radius 2 is 1.75 bits per heavy atom. The lowest BCUT2D eigenvalue weighted by molar-refractivity contribution is -0.137. The average molecular weight is 279 g/mol. The van der Waals surface area contributed by atoms with Crippen molar-refractivity contribution in [3.05, 3.63) is 0 Å². The fourth-order valence-electron chi connectivity index (χ4n) is 4.40. The molecule has 2 aliphatic heterocycles. The fraction of sp³-hybridized carbons (Fsp3) is 0.938. The number of likely N-dealkylation sites (tertiary alicyclic amines) is 2. The molecule has 3 fully saturated rings. The van der Waals surface area contributed by atoms with Gasteiger partial charge in [0.15, 0.2) is 0 Å². The Balaban J connectivity index is 1.57. The van der Waals surface area contributed by atoms with Gasteiger partial charge in [-0.3, -0.25) is 9.69 Å². The molecule has 4 nitrogen and oxygen atoms in total. The molecule has 1 amide bonds. The predicted molar refractivity (Wildman–Crippen MR) is 80.3 cm³/mol. The summed E-state index contributed by atoms with van der Waals surface area (Å²) in [6.07, 6.45) is 8.51. The van der Waals surface area contributed by atoms with Crippen LogP contribution in [0, 0.1) is 11.8 Å². The van der Waals surface area contributed by atoms with Crippen molar-refractivity contribution in [2.45, 2.75) is 51.0 Å². The van der Waals surface area contributed by atoms with Gasteiger partial charge in [0.05, 0.1) is 0 Å². The molecule has 0 spiro atoms. The topological polar surface area (TPSA) is 49.6 Å². The SMILES string of the molecule is NCC1CCCCC1C(=O)N1CCC(N2CCCC2)C1. The lowest BCUT2D eigenvalue weighted by Crippen LogP contribution is -2.43. The Hall–Kier alpha value is -0.610. The predicted octanol–water partition coefficient (Wildman–Crippen LogP) is 1.45. The maximum Gasteiger partial charge on any atom is 0.226 e. The molecular weight excluding hydrogens is 250 g/mol. The van der Waals surface area contributed by atoms with E-state index in [4.69, 9.17) is 5.73 Å². The van der Waals surface area contributed by atoms with Crippen molar-refractivity contribution < 1.29 is 4.79 Å². The van der Waals surface area contributed by atoms with Crippen LogP contribution < -0.4 is 5.73 Å². The van der Waals surface area contributed by atoms with Crippen LogP contribution in [0.3, 0.4) is 0 Å². The van der Waals surface area contributed by atoms with Crippen molar-refractivity contribution in [1.82, 2.24) is 9.80 Å². The van der Waals surface area contributed by atoms with Gasteiger partial charge < -0.3 is 10.6 Å². The first-order chi connectivity index (χ1) is 9.79. The zero-order chi connectivity index (χ0) is 13.9. The molecule has 2 saturated heterocycles. The Bertz CT molecular complexity index is 341. The second-order valence-electron chi connectivity index (χ2n) is 6.86. The number of nitrogens with zero attached hydrogens (tertiary/aromatic N) is 2. The zero-order valence-corrected chi connectivity index (χ0v) is 12.6. The normalized spacial score (nSPS) is 35.6. The first-order valence-electron chi connectivity index (χ1n) is 8.52. The molecule has 1 saturated carbocycles. The zero-order valence-electron chi connectivity index (χ0n) is 12.6. The van der Waals surface area contributed by atoms with E-state index in [0.29, 0.717) is 24.4 Å². The van der Waals surface area contributed by atoms with Crippen molar-refractivity contribution in [2.75, 3.05) is 32.7 Å². The third kappa shape index (κ3) is 2.86. The van der Waals surface area contributed by atoms with Crippen LogP contribution in [0.4, 0.5) is 0 Å². The highest BCUT2D eigenvalue weighted by molar-refractivity contribution is 5.79. The molecule has 114 valence electrons. The molecule has 2 heterocycles. The van der Waals surface area contributed by atoms with Crippen molar-refractivity contribution in [3.8, 4) is 0 Å². The van der Waals surface area contributed by atoms with E-state index in [1.54, 1.807) is 0 Å². The first-order valence-corrected chi connectivity index (χ1v) is 8.52. The molecule has 0 aromatic carbocycles. The van der Waals surface area contributed by atoms with Crippen molar-refractivity contribution >= 4 is 5.91 Å². The van der Waals surface area contributed by atoms with Crippen LogP contribution in [0.1, 0.15) is 44.9 Å². The Morgan fingerprint density at radius 3 is 2.50 bits per heavy atom. The maximum absolute atomic E-state index is 12.8. The van der Waals surface area contributed by atoms with Gasteiger partial charge in [0.1, 0.15) is 0 Å². The minimum Gasteiger partial charge on any atom is -0.341 e. The number of amides is 1. The van der Waals surface area contributed by atoms with E-state index in [-0.39, 0.29) is 5.92 Å². The van der Waals surface area contributed by atoms with E-state index in [1.807, 2.05) is 0 Å². The summed E-state index contributed by atoms with van der Waals surface area (Å²) >= 11 is 0. The molecule has 3 atom stereocenters. The summed E-state index contributed by atoms with van der Waals surface area (Å²) in [5.41, 5.74) is 5.88. The fourth-order valence-corrected chi connectivity index (χ4v) is 4.40. The average Bonchev–Trinajstić information content (AvgIpc) is 3.16. The monoisotopic (exact) mass is 279 g/mol. The highest BCUT2D eigenvalue weighted by Gasteiger charge is 2.37. The third-order valence-electron chi connectivity index (χ3n) is 5.66. The van der Waals surface area contributed by atoms with Crippen LogP contribution in [0.2, 0.25) is 0 Å². The molecule has 2 N–H and O–H groups in total. The Morgan fingerprint density at radius 1 is 1.00 bits per heavy atom. The number of hydrogen-bond donors (Lipinski definition) is 1. The van der Waals surface area contributed by atoms with Gasteiger partial charge in [-0.1, -0.05) is 12.8 Å².